The van der Waals surface area contributed by atoms with Crippen molar-refractivity contribution in [2.45, 2.75) is 12.8 Å². The predicted octanol–water partition coefficient (Wildman–Crippen LogP) is 2.85. The van der Waals surface area contributed by atoms with E-state index in [0.29, 0.717) is 23.9 Å². The second-order valence-corrected chi connectivity index (χ2v) is 4.28. The van der Waals surface area contributed by atoms with Gasteiger partial charge in [-0.25, -0.2) is 8.78 Å². The largest absolute Gasteiger partial charge is 0.307 e. The van der Waals surface area contributed by atoms with Gasteiger partial charge in [-0.2, -0.15) is 0 Å². The number of halogens is 3. The summed E-state index contributed by atoms with van der Waals surface area (Å²) in [4.78, 5) is 12.5. The van der Waals surface area contributed by atoms with E-state index < -0.39 is 11.6 Å². The van der Waals surface area contributed by atoms with Crippen LogP contribution in [0.1, 0.15) is 12.8 Å². The molecule has 1 saturated heterocycles. The molecule has 1 aromatic carbocycles. The average molecular weight is 276 g/mol. The molecule has 1 fully saturated rings. The first-order valence-corrected chi connectivity index (χ1v) is 5.34. The molecule has 2 rings (SSSR count). The van der Waals surface area contributed by atoms with Crippen molar-refractivity contribution in [2.24, 2.45) is 0 Å². The lowest BCUT2D eigenvalue weighted by Gasteiger charge is -2.17. The number of nitrogens with zero attached hydrogens (tertiary/aromatic N) is 1. The molecule has 0 saturated carbocycles. The molecule has 1 aliphatic rings. The van der Waals surface area contributed by atoms with Gasteiger partial charge in [-0.05, 0) is 18.6 Å². The minimum absolute atomic E-state index is 0.227. The Labute approximate surface area is 94.0 Å². The number of carbonyl (C=O) groups is 1. The van der Waals surface area contributed by atoms with Crippen molar-refractivity contribution in [3.05, 3.63) is 28.2 Å². The zero-order valence-electron chi connectivity index (χ0n) is 7.77. The Morgan fingerprint density at radius 1 is 1.27 bits per heavy atom. The van der Waals surface area contributed by atoms with Gasteiger partial charge in [-0.1, -0.05) is 15.9 Å². The van der Waals surface area contributed by atoms with Crippen molar-refractivity contribution in [1.82, 2.24) is 0 Å². The fourth-order valence-corrected chi connectivity index (χ4v) is 2.08. The van der Waals surface area contributed by atoms with Crippen molar-refractivity contribution in [3.8, 4) is 0 Å². The molecular weight excluding hydrogens is 268 g/mol. The lowest BCUT2D eigenvalue weighted by molar-refractivity contribution is -0.117. The van der Waals surface area contributed by atoms with Crippen LogP contribution in [0.2, 0.25) is 0 Å². The minimum atomic E-state index is -0.711. The number of hydrogen-bond donors (Lipinski definition) is 0. The molecule has 0 aliphatic carbocycles. The Kier molecular flexibility index (Phi) is 2.73. The molecule has 0 spiro atoms. The molecule has 0 bridgehead atoms. The van der Waals surface area contributed by atoms with Crippen LogP contribution in [0, 0.1) is 11.6 Å². The molecule has 15 heavy (non-hydrogen) atoms. The SMILES string of the molecule is O=C1CCCN1c1c(F)cc(Br)cc1F. The summed E-state index contributed by atoms with van der Waals surface area (Å²) in [5.74, 6) is -1.65. The topological polar surface area (TPSA) is 20.3 Å². The molecule has 1 aromatic rings. The number of benzene rings is 1. The highest BCUT2D eigenvalue weighted by Crippen LogP contribution is 2.30. The first kappa shape index (κ1) is 10.5. The van der Waals surface area contributed by atoms with Gasteiger partial charge in [0.05, 0.1) is 0 Å². The van der Waals surface area contributed by atoms with Crippen LogP contribution in [0.15, 0.2) is 16.6 Å². The second-order valence-electron chi connectivity index (χ2n) is 3.37. The molecular formula is C10H8BrF2NO. The van der Waals surface area contributed by atoms with Gasteiger partial charge in [0.15, 0.2) is 11.6 Å². The van der Waals surface area contributed by atoms with Gasteiger partial charge < -0.3 is 4.90 Å². The summed E-state index contributed by atoms with van der Waals surface area (Å²) in [7, 11) is 0. The molecule has 0 N–H and O–H groups in total. The molecule has 2 nitrogen and oxygen atoms in total. The summed E-state index contributed by atoms with van der Waals surface area (Å²) in [6.45, 7) is 0.383. The summed E-state index contributed by atoms with van der Waals surface area (Å²) in [6, 6.07) is 2.31. The molecule has 0 radical (unpaired) electrons. The fourth-order valence-electron chi connectivity index (χ4n) is 1.68. The molecule has 5 heteroatoms. The standard InChI is InChI=1S/C10H8BrF2NO/c11-6-4-7(12)10(8(13)5-6)14-3-1-2-9(14)15/h4-5H,1-3H2. The molecule has 0 unspecified atom stereocenters. The molecule has 1 aliphatic heterocycles. The maximum atomic E-state index is 13.5. The summed E-state index contributed by atoms with van der Waals surface area (Å²) in [6.07, 6.45) is 1.00. The van der Waals surface area contributed by atoms with Gasteiger partial charge in [0.25, 0.3) is 0 Å². The van der Waals surface area contributed by atoms with E-state index in [2.05, 4.69) is 15.9 Å². The van der Waals surface area contributed by atoms with Gasteiger partial charge in [0.2, 0.25) is 5.91 Å². The molecule has 1 heterocycles. The summed E-state index contributed by atoms with van der Waals surface area (Å²) in [5.41, 5.74) is -0.235. The van der Waals surface area contributed by atoms with Crippen LogP contribution < -0.4 is 4.90 Å². The van der Waals surface area contributed by atoms with E-state index in [9.17, 15) is 13.6 Å². The van der Waals surface area contributed by atoms with Crippen LogP contribution in [0.3, 0.4) is 0 Å². The molecule has 0 aromatic heterocycles. The molecule has 80 valence electrons. The van der Waals surface area contributed by atoms with E-state index in [0.717, 1.165) is 17.0 Å². The molecule has 1 amide bonds. The quantitative estimate of drug-likeness (QED) is 0.772. The van der Waals surface area contributed by atoms with Gasteiger partial charge in [-0.15, -0.1) is 0 Å². The lowest BCUT2D eigenvalue weighted by atomic mass is 10.2. The van der Waals surface area contributed by atoms with E-state index in [-0.39, 0.29) is 11.6 Å². The predicted molar refractivity (Wildman–Crippen MR) is 55.6 cm³/mol. The first-order valence-electron chi connectivity index (χ1n) is 4.54. The normalized spacial score (nSPS) is 16.2. The third kappa shape index (κ3) is 1.88. The van der Waals surface area contributed by atoms with Crippen LogP contribution in [0.4, 0.5) is 14.5 Å². The maximum absolute atomic E-state index is 13.5. The Bertz CT molecular complexity index is 399. The smallest absolute Gasteiger partial charge is 0.227 e. The van der Waals surface area contributed by atoms with E-state index in [4.69, 9.17) is 0 Å². The van der Waals surface area contributed by atoms with E-state index >= 15 is 0 Å². The van der Waals surface area contributed by atoms with Crippen molar-refractivity contribution in [3.63, 3.8) is 0 Å². The Morgan fingerprint density at radius 3 is 2.33 bits per heavy atom. The number of amides is 1. The van der Waals surface area contributed by atoms with Gasteiger partial charge in [-0.3, -0.25) is 4.79 Å². The van der Waals surface area contributed by atoms with Crippen molar-refractivity contribution >= 4 is 27.5 Å². The number of anilines is 1. The number of hydrogen-bond acceptors (Lipinski definition) is 1. The van der Waals surface area contributed by atoms with Crippen LogP contribution in [-0.4, -0.2) is 12.5 Å². The minimum Gasteiger partial charge on any atom is -0.307 e. The maximum Gasteiger partial charge on any atom is 0.227 e. The highest BCUT2D eigenvalue weighted by atomic mass is 79.9. The van der Waals surface area contributed by atoms with Crippen molar-refractivity contribution in [1.29, 1.82) is 0 Å². The highest BCUT2D eigenvalue weighted by Gasteiger charge is 2.27. The summed E-state index contributed by atoms with van der Waals surface area (Å²) >= 11 is 2.99. The van der Waals surface area contributed by atoms with Crippen LogP contribution >= 0.6 is 15.9 Å². The van der Waals surface area contributed by atoms with Crippen molar-refractivity contribution < 1.29 is 13.6 Å². The fraction of sp³-hybridized carbons (Fsp3) is 0.300. The van der Waals surface area contributed by atoms with Crippen LogP contribution in [0.25, 0.3) is 0 Å². The Balaban J connectivity index is 2.47. The monoisotopic (exact) mass is 275 g/mol. The lowest BCUT2D eigenvalue weighted by Crippen LogP contribution is -2.25. The van der Waals surface area contributed by atoms with Crippen LogP contribution in [-0.2, 0) is 4.79 Å². The van der Waals surface area contributed by atoms with E-state index in [1.54, 1.807) is 0 Å². The summed E-state index contributed by atoms with van der Waals surface area (Å²) < 4.78 is 27.3. The zero-order chi connectivity index (χ0) is 11.0. The average Bonchev–Trinajstić information content (AvgIpc) is 2.50. The Morgan fingerprint density at radius 2 is 1.87 bits per heavy atom. The number of carbonyl (C=O) groups excluding carboxylic acids is 1. The van der Waals surface area contributed by atoms with E-state index in [1.807, 2.05) is 0 Å². The Hall–Kier alpha value is -0.970. The third-order valence-corrected chi connectivity index (χ3v) is 2.78. The third-order valence-electron chi connectivity index (χ3n) is 2.32. The highest BCUT2D eigenvalue weighted by molar-refractivity contribution is 9.10. The first-order chi connectivity index (χ1) is 7.09. The van der Waals surface area contributed by atoms with Gasteiger partial charge >= 0.3 is 0 Å². The second kappa shape index (κ2) is 3.89. The van der Waals surface area contributed by atoms with Gasteiger partial charge in [0, 0.05) is 17.4 Å². The van der Waals surface area contributed by atoms with E-state index in [1.165, 1.54) is 0 Å². The van der Waals surface area contributed by atoms with Gasteiger partial charge in [0.1, 0.15) is 5.69 Å². The number of rotatable bonds is 1. The van der Waals surface area contributed by atoms with Crippen molar-refractivity contribution in [2.75, 3.05) is 11.4 Å². The zero-order valence-corrected chi connectivity index (χ0v) is 9.35. The van der Waals surface area contributed by atoms with Crippen LogP contribution in [0.5, 0.6) is 0 Å². The molecule has 0 atom stereocenters. The summed E-state index contributed by atoms with van der Waals surface area (Å²) in [5, 5.41) is 0.